The first-order valence-electron chi connectivity index (χ1n) is 11.4. The number of halogens is 4. The van der Waals surface area contributed by atoms with Crippen molar-refractivity contribution in [3.8, 4) is 0 Å². The van der Waals surface area contributed by atoms with Gasteiger partial charge < -0.3 is 44.9 Å². The predicted molar refractivity (Wildman–Crippen MR) is 120 cm³/mol. The summed E-state index contributed by atoms with van der Waals surface area (Å²) in [4.78, 5) is 25.4. The van der Waals surface area contributed by atoms with Gasteiger partial charge in [-0.3, -0.25) is 9.59 Å². The lowest BCUT2D eigenvalue weighted by Gasteiger charge is -2.42. The van der Waals surface area contributed by atoms with Crippen LogP contribution in [0.1, 0.15) is 17.3 Å². The van der Waals surface area contributed by atoms with Crippen LogP contribution >= 0.6 is 0 Å². The van der Waals surface area contributed by atoms with Crippen LogP contribution in [0.5, 0.6) is 0 Å². The van der Waals surface area contributed by atoms with E-state index in [2.05, 4.69) is 15.3 Å². The van der Waals surface area contributed by atoms with Gasteiger partial charge in [0.05, 0.1) is 39.6 Å². The van der Waals surface area contributed by atoms with Crippen molar-refractivity contribution in [2.75, 3.05) is 46.2 Å². The first-order chi connectivity index (χ1) is 18.5. The SMILES string of the molecule is CC(=O)NC1C(O)[C@H](O)C(CO)O[C@H]1OCCOCCOCCNC(=O)c1c(F)c(F)c(N=[N+]=[N-])c(F)c1F. The number of benzene rings is 1. The van der Waals surface area contributed by atoms with Crippen molar-refractivity contribution >= 4 is 17.5 Å². The van der Waals surface area contributed by atoms with Crippen LogP contribution in [0.2, 0.25) is 0 Å². The first kappa shape index (κ1) is 32.1. The molecule has 1 aliphatic heterocycles. The molecule has 14 nitrogen and oxygen atoms in total. The molecular formula is C21H27F4N5O9. The number of amides is 2. The van der Waals surface area contributed by atoms with E-state index < -0.39 is 83.6 Å². The summed E-state index contributed by atoms with van der Waals surface area (Å²) in [5.74, 6) is -10.0. The van der Waals surface area contributed by atoms with Crippen molar-refractivity contribution in [3.63, 3.8) is 0 Å². The van der Waals surface area contributed by atoms with Gasteiger partial charge in [0, 0.05) is 18.4 Å². The van der Waals surface area contributed by atoms with Crippen LogP contribution in [0.4, 0.5) is 23.2 Å². The highest BCUT2D eigenvalue weighted by Crippen LogP contribution is 2.30. The van der Waals surface area contributed by atoms with Crippen molar-refractivity contribution in [2.24, 2.45) is 5.11 Å². The maximum atomic E-state index is 14.0. The number of rotatable bonds is 14. The number of hydrogen-bond donors (Lipinski definition) is 5. The Hall–Kier alpha value is -3.09. The number of carbonyl (C=O) groups is 2. The summed E-state index contributed by atoms with van der Waals surface area (Å²) in [6.07, 6.45) is -5.22. The van der Waals surface area contributed by atoms with Crippen molar-refractivity contribution in [2.45, 2.75) is 37.6 Å². The number of nitrogens with one attached hydrogen (secondary N) is 2. The highest BCUT2D eigenvalue weighted by Gasteiger charge is 2.45. The normalized spacial score (nSPS) is 22.7. The number of nitrogens with zero attached hydrogens (tertiary/aromatic N) is 3. The Kier molecular flexibility index (Phi) is 12.8. The van der Waals surface area contributed by atoms with E-state index in [0.29, 0.717) is 0 Å². The molecular weight excluding hydrogens is 542 g/mol. The van der Waals surface area contributed by atoms with E-state index in [1.807, 2.05) is 5.32 Å². The van der Waals surface area contributed by atoms with Crippen LogP contribution < -0.4 is 10.6 Å². The number of ether oxygens (including phenoxy) is 4. The molecule has 39 heavy (non-hydrogen) atoms. The minimum Gasteiger partial charge on any atom is -0.394 e. The Labute approximate surface area is 218 Å². The zero-order valence-electron chi connectivity index (χ0n) is 20.5. The summed E-state index contributed by atoms with van der Waals surface area (Å²) >= 11 is 0. The maximum absolute atomic E-state index is 14.0. The lowest BCUT2D eigenvalue weighted by atomic mass is 9.97. The molecule has 18 heteroatoms. The highest BCUT2D eigenvalue weighted by molar-refractivity contribution is 5.95. The van der Waals surface area contributed by atoms with Gasteiger partial charge in [0.2, 0.25) is 5.91 Å². The third-order valence-corrected chi connectivity index (χ3v) is 5.28. The second-order valence-electron chi connectivity index (χ2n) is 7.95. The lowest BCUT2D eigenvalue weighted by Crippen LogP contribution is -2.64. The Morgan fingerprint density at radius 1 is 1.00 bits per heavy atom. The minimum atomic E-state index is -2.02. The Bertz CT molecular complexity index is 1030. The van der Waals surface area contributed by atoms with Crippen LogP contribution in [0.15, 0.2) is 5.11 Å². The molecule has 0 spiro atoms. The molecule has 1 aromatic rings. The van der Waals surface area contributed by atoms with Crippen molar-refractivity contribution in [1.29, 1.82) is 0 Å². The molecule has 0 radical (unpaired) electrons. The van der Waals surface area contributed by atoms with Crippen LogP contribution in [0, 0.1) is 23.3 Å². The molecule has 1 aliphatic rings. The number of azide groups is 1. The number of hydrogen-bond acceptors (Lipinski definition) is 10. The van der Waals surface area contributed by atoms with Gasteiger partial charge in [-0.1, -0.05) is 5.11 Å². The molecule has 2 rings (SSSR count). The molecule has 0 bridgehead atoms. The van der Waals surface area contributed by atoms with Crippen LogP contribution in [-0.4, -0.2) is 104 Å². The zero-order valence-corrected chi connectivity index (χ0v) is 20.5. The Morgan fingerprint density at radius 2 is 1.59 bits per heavy atom. The van der Waals surface area contributed by atoms with Crippen LogP contribution in [0.3, 0.4) is 0 Å². The number of aliphatic hydroxyl groups excluding tert-OH is 3. The summed E-state index contributed by atoms with van der Waals surface area (Å²) < 4.78 is 76.8. The van der Waals surface area contributed by atoms with Crippen molar-refractivity contribution in [1.82, 2.24) is 10.6 Å². The molecule has 1 heterocycles. The molecule has 1 fully saturated rings. The lowest BCUT2D eigenvalue weighted by molar-refractivity contribution is -0.272. The Balaban J connectivity index is 1.69. The van der Waals surface area contributed by atoms with E-state index in [-0.39, 0.29) is 39.6 Å². The topological polar surface area (TPSA) is 205 Å². The maximum Gasteiger partial charge on any atom is 0.257 e. The first-order valence-corrected chi connectivity index (χ1v) is 11.4. The highest BCUT2D eigenvalue weighted by atomic mass is 19.2. The van der Waals surface area contributed by atoms with Crippen LogP contribution in [0.25, 0.3) is 10.4 Å². The summed E-state index contributed by atoms with van der Waals surface area (Å²) in [6.45, 7) is 0.147. The van der Waals surface area contributed by atoms with E-state index in [4.69, 9.17) is 24.5 Å². The predicted octanol–water partition coefficient (Wildman–Crippen LogP) is -0.0919. The molecule has 1 aromatic carbocycles. The summed E-state index contributed by atoms with van der Waals surface area (Å²) in [6, 6.07) is -1.10. The van der Waals surface area contributed by atoms with Gasteiger partial charge in [0.15, 0.2) is 29.6 Å². The third kappa shape index (κ3) is 8.45. The molecule has 5 N–H and O–H groups in total. The average molecular weight is 569 g/mol. The number of carbonyl (C=O) groups excluding carboxylic acids is 2. The largest absolute Gasteiger partial charge is 0.394 e. The van der Waals surface area contributed by atoms with Gasteiger partial charge in [0.1, 0.15) is 35.6 Å². The second-order valence-corrected chi connectivity index (χ2v) is 7.95. The van der Waals surface area contributed by atoms with E-state index in [0.717, 1.165) is 0 Å². The van der Waals surface area contributed by atoms with Gasteiger partial charge in [-0.2, -0.15) is 0 Å². The molecule has 0 aromatic heterocycles. The fourth-order valence-electron chi connectivity index (χ4n) is 3.44. The van der Waals surface area contributed by atoms with Crippen molar-refractivity contribution in [3.05, 3.63) is 39.3 Å². The van der Waals surface area contributed by atoms with E-state index in [1.165, 1.54) is 6.92 Å². The van der Waals surface area contributed by atoms with E-state index in [1.54, 1.807) is 0 Å². The van der Waals surface area contributed by atoms with Gasteiger partial charge in [-0.25, -0.2) is 17.6 Å². The Morgan fingerprint density at radius 3 is 2.15 bits per heavy atom. The summed E-state index contributed by atoms with van der Waals surface area (Å²) in [5, 5.41) is 36.4. The second kappa shape index (κ2) is 15.5. The van der Waals surface area contributed by atoms with Gasteiger partial charge in [-0.05, 0) is 5.53 Å². The van der Waals surface area contributed by atoms with Gasteiger partial charge in [0.25, 0.3) is 5.91 Å². The van der Waals surface area contributed by atoms with Gasteiger partial charge >= 0.3 is 0 Å². The zero-order chi connectivity index (χ0) is 29.1. The minimum absolute atomic E-state index is 0.00858. The van der Waals surface area contributed by atoms with Gasteiger partial charge in [-0.15, -0.1) is 0 Å². The van der Waals surface area contributed by atoms with Crippen LogP contribution in [-0.2, 0) is 23.7 Å². The summed E-state index contributed by atoms with van der Waals surface area (Å²) in [5.41, 5.74) is 5.16. The fourth-order valence-corrected chi connectivity index (χ4v) is 3.44. The number of aliphatic hydroxyl groups is 3. The monoisotopic (exact) mass is 569 g/mol. The molecule has 2 amide bonds. The average Bonchev–Trinajstić information content (AvgIpc) is 2.90. The molecule has 218 valence electrons. The summed E-state index contributed by atoms with van der Waals surface area (Å²) in [7, 11) is 0. The van der Waals surface area contributed by atoms with E-state index in [9.17, 15) is 42.5 Å². The molecule has 0 saturated carbocycles. The molecule has 3 unspecified atom stereocenters. The third-order valence-electron chi connectivity index (χ3n) is 5.28. The molecule has 0 aliphatic carbocycles. The fraction of sp³-hybridized carbons (Fsp3) is 0.619. The molecule has 1 saturated heterocycles. The smallest absolute Gasteiger partial charge is 0.257 e. The standard InChI is InChI=1S/C21H27F4N5O9/c1-9(32)28-17-19(34)18(33)10(8-31)39-21(17)38-7-6-37-5-4-36-3-2-27-20(35)11-12(22)14(24)16(29-30-26)15(25)13(11)23/h10,17-19,21,31,33-34H,2-8H2,1H3,(H,27,35)(H,28,32)/t10?,17?,18-,19?,21-/m1/s1. The quantitative estimate of drug-likeness (QED) is 0.0506. The van der Waals surface area contributed by atoms with E-state index >= 15 is 0 Å². The molecule has 5 atom stereocenters. The van der Waals surface area contributed by atoms with Crippen molar-refractivity contribution < 1.29 is 61.4 Å².